The SMILES string of the molecule is CCNC(=NCCN(C)CC)N1CCC(C)CC1. The Morgan fingerprint density at radius 3 is 2.56 bits per heavy atom. The fourth-order valence-corrected chi connectivity index (χ4v) is 2.13. The van der Waals surface area contributed by atoms with E-state index in [1.54, 1.807) is 0 Å². The van der Waals surface area contributed by atoms with Crippen molar-refractivity contribution in [1.29, 1.82) is 0 Å². The third-order valence-corrected chi connectivity index (χ3v) is 3.70. The number of hydrogen-bond donors (Lipinski definition) is 1. The van der Waals surface area contributed by atoms with Crippen molar-refractivity contribution in [2.45, 2.75) is 33.6 Å². The van der Waals surface area contributed by atoms with E-state index in [0.717, 1.165) is 51.1 Å². The first-order chi connectivity index (χ1) is 8.67. The maximum absolute atomic E-state index is 4.74. The lowest BCUT2D eigenvalue weighted by Crippen LogP contribution is -2.45. The first kappa shape index (κ1) is 15.3. The molecule has 0 bridgehead atoms. The molecule has 1 rings (SSSR count). The lowest BCUT2D eigenvalue weighted by atomic mass is 10.00. The van der Waals surface area contributed by atoms with Gasteiger partial charge in [0.15, 0.2) is 5.96 Å². The molecule has 0 spiro atoms. The molecule has 106 valence electrons. The van der Waals surface area contributed by atoms with Gasteiger partial charge in [-0.25, -0.2) is 0 Å². The van der Waals surface area contributed by atoms with Gasteiger partial charge in [0.1, 0.15) is 0 Å². The molecule has 1 saturated heterocycles. The van der Waals surface area contributed by atoms with Crippen molar-refractivity contribution in [3.05, 3.63) is 0 Å². The van der Waals surface area contributed by atoms with E-state index >= 15 is 0 Å². The lowest BCUT2D eigenvalue weighted by Gasteiger charge is -2.33. The van der Waals surface area contributed by atoms with Crippen molar-refractivity contribution in [2.75, 3.05) is 46.3 Å². The first-order valence-electron chi connectivity index (χ1n) is 7.39. The summed E-state index contributed by atoms with van der Waals surface area (Å²) in [7, 11) is 2.14. The fourth-order valence-electron chi connectivity index (χ4n) is 2.13. The van der Waals surface area contributed by atoms with Gasteiger partial charge in [-0.1, -0.05) is 13.8 Å². The molecule has 0 radical (unpaired) electrons. The Morgan fingerprint density at radius 2 is 2.00 bits per heavy atom. The summed E-state index contributed by atoms with van der Waals surface area (Å²) in [4.78, 5) is 9.45. The van der Waals surface area contributed by atoms with Crippen LogP contribution in [-0.2, 0) is 0 Å². The van der Waals surface area contributed by atoms with Gasteiger partial charge < -0.3 is 15.1 Å². The Labute approximate surface area is 112 Å². The van der Waals surface area contributed by atoms with E-state index in [1.807, 2.05) is 0 Å². The van der Waals surface area contributed by atoms with Crippen LogP contribution in [0.25, 0.3) is 0 Å². The summed E-state index contributed by atoms with van der Waals surface area (Å²) in [5.74, 6) is 1.98. The van der Waals surface area contributed by atoms with Crippen molar-refractivity contribution in [3.63, 3.8) is 0 Å². The highest BCUT2D eigenvalue weighted by atomic mass is 15.3. The fraction of sp³-hybridized carbons (Fsp3) is 0.929. The van der Waals surface area contributed by atoms with Crippen LogP contribution in [0.3, 0.4) is 0 Å². The standard InChI is InChI=1S/C14H30N4/c1-5-15-14(16-9-12-17(4)6-2)18-10-7-13(3)8-11-18/h13H,5-12H2,1-4H3,(H,15,16). The predicted molar refractivity (Wildman–Crippen MR) is 79.1 cm³/mol. The summed E-state index contributed by atoms with van der Waals surface area (Å²) >= 11 is 0. The van der Waals surface area contributed by atoms with Crippen molar-refractivity contribution in [2.24, 2.45) is 10.9 Å². The average Bonchev–Trinajstić information content (AvgIpc) is 2.38. The zero-order valence-corrected chi connectivity index (χ0v) is 12.6. The number of nitrogens with zero attached hydrogens (tertiary/aromatic N) is 3. The second-order valence-electron chi connectivity index (χ2n) is 5.30. The van der Waals surface area contributed by atoms with Crippen molar-refractivity contribution >= 4 is 5.96 Å². The molecule has 0 atom stereocenters. The molecule has 1 fully saturated rings. The molecule has 0 aliphatic carbocycles. The number of rotatable bonds is 5. The number of hydrogen-bond acceptors (Lipinski definition) is 2. The quantitative estimate of drug-likeness (QED) is 0.598. The first-order valence-corrected chi connectivity index (χ1v) is 7.39. The predicted octanol–water partition coefficient (Wildman–Crippen LogP) is 1.64. The van der Waals surface area contributed by atoms with Gasteiger partial charge in [-0.2, -0.15) is 0 Å². The van der Waals surface area contributed by atoms with Crippen LogP contribution in [0.1, 0.15) is 33.6 Å². The number of nitrogens with one attached hydrogen (secondary N) is 1. The number of guanidine groups is 1. The van der Waals surface area contributed by atoms with E-state index < -0.39 is 0 Å². The summed E-state index contributed by atoms with van der Waals surface area (Å²) in [5.41, 5.74) is 0. The molecule has 1 N–H and O–H groups in total. The minimum atomic E-state index is 0.871. The summed E-state index contributed by atoms with van der Waals surface area (Å²) in [6.07, 6.45) is 2.58. The van der Waals surface area contributed by atoms with E-state index in [4.69, 9.17) is 4.99 Å². The summed E-state index contributed by atoms with van der Waals surface area (Å²) < 4.78 is 0. The Kier molecular flexibility index (Phi) is 7.09. The zero-order chi connectivity index (χ0) is 13.4. The summed E-state index contributed by atoms with van der Waals surface area (Å²) in [5, 5.41) is 3.42. The molecule has 1 heterocycles. The molecule has 4 nitrogen and oxygen atoms in total. The Hall–Kier alpha value is -0.770. The molecule has 0 amide bonds. The second-order valence-corrected chi connectivity index (χ2v) is 5.30. The zero-order valence-electron chi connectivity index (χ0n) is 12.6. The molecule has 0 unspecified atom stereocenters. The highest BCUT2D eigenvalue weighted by Gasteiger charge is 2.18. The van der Waals surface area contributed by atoms with Gasteiger partial charge in [0.25, 0.3) is 0 Å². The molecule has 0 aromatic carbocycles. The van der Waals surface area contributed by atoms with Gasteiger partial charge >= 0.3 is 0 Å². The van der Waals surface area contributed by atoms with E-state index in [9.17, 15) is 0 Å². The van der Waals surface area contributed by atoms with Crippen LogP contribution in [0.4, 0.5) is 0 Å². The minimum Gasteiger partial charge on any atom is -0.357 e. The molecule has 18 heavy (non-hydrogen) atoms. The molecule has 1 aliphatic heterocycles. The van der Waals surface area contributed by atoms with Crippen molar-refractivity contribution in [3.8, 4) is 0 Å². The van der Waals surface area contributed by atoms with E-state index in [0.29, 0.717) is 0 Å². The van der Waals surface area contributed by atoms with Gasteiger partial charge in [0.2, 0.25) is 0 Å². The van der Waals surface area contributed by atoms with Gasteiger partial charge in [-0.3, -0.25) is 4.99 Å². The third kappa shape index (κ3) is 5.25. The number of aliphatic imine (C=N–C) groups is 1. The molecular formula is C14H30N4. The van der Waals surface area contributed by atoms with Crippen LogP contribution in [0, 0.1) is 5.92 Å². The Bertz CT molecular complexity index is 244. The van der Waals surface area contributed by atoms with Crippen LogP contribution in [-0.4, -0.2) is 62.1 Å². The van der Waals surface area contributed by atoms with Crippen LogP contribution < -0.4 is 5.32 Å². The van der Waals surface area contributed by atoms with Crippen LogP contribution in [0.15, 0.2) is 4.99 Å². The Balaban J connectivity index is 2.45. The molecule has 0 aromatic rings. The number of likely N-dealkylation sites (tertiary alicyclic amines) is 1. The largest absolute Gasteiger partial charge is 0.357 e. The maximum atomic E-state index is 4.74. The second kappa shape index (κ2) is 8.35. The van der Waals surface area contributed by atoms with Crippen LogP contribution in [0.2, 0.25) is 0 Å². The summed E-state index contributed by atoms with van der Waals surface area (Å²) in [6, 6.07) is 0. The highest BCUT2D eigenvalue weighted by Crippen LogP contribution is 2.15. The smallest absolute Gasteiger partial charge is 0.193 e. The topological polar surface area (TPSA) is 30.9 Å². The van der Waals surface area contributed by atoms with Crippen molar-refractivity contribution in [1.82, 2.24) is 15.1 Å². The monoisotopic (exact) mass is 254 g/mol. The lowest BCUT2D eigenvalue weighted by molar-refractivity contribution is 0.272. The normalized spacial score (nSPS) is 18.5. The molecule has 0 saturated carbocycles. The third-order valence-electron chi connectivity index (χ3n) is 3.70. The highest BCUT2D eigenvalue weighted by molar-refractivity contribution is 5.80. The number of piperidine rings is 1. The van der Waals surface area contributed by atoms with Gasteiger partial charge in [-0.15, -0.1) is 0 Å². The van der Waals surface area contributed by atoms with Crippen molar-refractivity contribution < 1.29 is 0 Å². The van der Waals surface area contributed by atoms with Crippen LogP contribution >= 0.6 is 0 Å². The van der Waals surface area contributed by atoms with Gasteiger partial charge in [0, 0.05) is 26.2 Å². The van der Waals surface area contributed by atoms with E-state index in [2.05, 4.69) is 42.9 Å². The van der Waals surface area contributed by atoms with Crippen LogP contribution in [0.5, 0.6) is 0 Å². The maximum Gasteiger partial charge on any atom is 0.193 e. The van der Waals surface area contributed by atoms with Gasteiger partial charge in [-0.05, 0) is 39.3 Å². The molecule has 1 aliphatic rings. The van der Waals surface area contributed by atoms with Gasteiger partial charge in [0.05, 0.1) is 6.54 Å². The molecular weight excluding hydrogens is 224 g/mol. The Morgan fingerprint density at radius 1 is 1.33 bits per heavy atom. The summed E-state index contributed by atoms with van der Waals surface area (Å²) in [6.45, 7) is 12.9. The van der Waals surface area contributed by atoms with E-state index in [-0.39, 0.29) is 0 Å². The number of likely N-dealkylation sites (N-methyl/N-ethyl adjacent to an activating group) is 1. The molecule has 0 aromatic heterocycles. The van der Waals surface area contributed by atoms with E-state index in [1.165, 1.54) is 12.8 Å². The average molecular weight is 254 g/mol. The minimum absolute atomic E-state index is 0.871. The molecule has 4 heteroatoms.